The number of hydrogen-bond acceptors (Lipinski definition) is 3. The SMILES string of the molecule is [B]c1c([B])c(O)c(-c2c3ccccc3c(-c3ccc4ccc5ccccc5c4c3)c3ccccc23)c(O)c1O. The Morgan fingerprint density at radius 2 is 0.846 bits per heavy atom. The van der Waals surface area contributed by atoms with E-state index in [1.54, 1.807) is 0 Å². The van der Waals surface area contributed by atoms with E-state index in [2.05, 4.69) is 48.5 Å². The van der Waals surface area contributed by atoms with Crippen LogP contribution in [0.2, 0.25) is 0 Å². The third kappa shape index (κ3) is 3.33. The molecule has 7 rings (SSSR count). The molecular formula is C34H20B2O3. The summed E-state index contributed by atoms with van der Waals surface area (Å²) in [6.07, 6.45) is 0. The van der Waals surface area contributed by atoms with Crippen LogP contribution in [0.3, 0.4) is 0 Å². The maximum atomic E-state index is 11.1. The third-order valence-electron chi connectivity index (χ3n) is 7.72. The van der Waals surface area contributed by atoms with Crippen LogP contribution in [0.15, 0.2) is 103 Å². The van der Waals surface area contributed by atoms with Gasteiger partial charge in [0.25, 0.3) is 0 Å². The van der Waals surface area contributed by atoms with Crippen molar-refractivity contribution < 1.29 is 15.3 Å². The predicted molar refractivity (Wildman–Crippen MR) is 163 cm³/mol. The van der Waals surface area contributed by atoms with Gasteiger partial charge in [0.05, 0.1) is 5.56 Å². The molecule has 4 radical (unpaired) electrons. The topological polar surface area (TPSA) is 60.7 Å². The monoisotopic (exact) mass is 498 g/mol. The molecule has 0 spiro atoms. The molecule has 0 aliphatic rings. The lowest BCUT2D eigenvalue weighted by Gasteiger charge is -2.21. The molecule has 0 amide bonds. The van der Waals surface area contributed by atoms with Gasteiger partial charge in [-0.05, 0) is 60.3 Å². The first-order chi connectivity index (χ1) is 19.0. The average molecular weight is 498 g/mol. The van der Waals surface area contributed by atoms with Gasteiger partial charge in [0, 0.05) is 5.56 Å². The fraction of sp³-hybridized carbons (Fsp3) is 0. The Morgan fingerprint density at radius 1 is 0.385 bits per heavy atom. The van der Waals surface area contributed by atoms with Crippen LogP contribution in [0.4, 0.5) is 0 Å². The zero-order valence-corrected chi connectivity index (χ0v) is 20.8. The second-order valence-corrected chi connectivity index (χ2v) is 9.81. The highest BCUT2D eigenvalue weighted by Crippen LogP contribution is 2.49. The number of phenols is 3. The zero-order chi connectivity index (χ0) is 26.8. The molecule has 0 unspecified atom stereocenters. The van der Waals surface area contributed by atoms with Crippen molar-refractivity contribution in [2.45, 2.75) is 0 Å². The van der Waals surface area contributed by atoms with Crippen LogP contribution in [0.5, 0.6) is 17.2 Å². The molecule has 3 nitrogen and oxygen atoms in total. The van der Waals surface area contributed by atoms with Gasteiger partial charge in [-0.2, -0.15) is 0 Å². The van der Waals surface area contributed by atoms with Crippen LogP contribution in [-0.4, -0.2) is 31.0 Å². The normalized spacial score (nSPS) is 11.6. The third-order valence-corrected chi connectivity index (χ3v) is 7.72. The number of phenolic OH excluding ortho intramolecular Hbond substituents is 3. The first-order valence-electron chi connectivity index (χ1n) is 12.6. The summed E-state index contributed by atoms with van der Waals surface area (Å²) in [5.74, 6) is -1.44. The van der Waals surface area contributed by atoms with Crippen LogP contribution in [0.25, 0.3) is 65.3 Å². The van der Waals surface area contributed by atoms with Gasteiger partial charge >= 0.3 is 0 Å². The smallest absolute Gasteiger partial charge is 0.168 e. The highest BCUT2D eigenvalue weighted by atomic mass is 16.3. The van der Waals surface area contributed by atoms with Gasteiger partial charge in [-0.3, -0.25) is 0 Å². The molecule has 0 saturated carbocycles. The minimum atomic E-state index is -0.557. The van der Waals surface area contributed by atoms with E-state index >= 15 is 0 Å². The zero-order valence-electron chi connectivity index (χ0n) is 20.8. The van der Waals surface area contributed by atoms with Crippen molar-refractivity contribution >= 4 is 69.7 Å². The molecule has 7 aromatic carbocycles. The summed E-state index contributed by atoms with van der Waals surface area (Å²) in [5, 5.41) is 40.8. The van der Waals surface area contributed by atoms with E-state index < -0.39 is 11.5 Å². The summed E-state index contributed by atoms with van der Waals surface area (Å²) in [4.78, 5) is 0. The van der Waals surface area contributed by atoms with Crippen molar-refractivity contribution in [2.24, 2.45) is 0 Å². The van der Waals surface area contributed by atoms with Gasteiger partial charge in [-0.1, -0.05) is 108 Å². The minimum absolute atomic E-state index is 0.0441. The summed E-state index contributed by atoms with van der Waals surface area (Å²) < 4.78 is 0. The van der Waals surface area contributed by atoms with Crippen molar-refractivity contribution in [3.05, 3.63) is 103 Å². The van der Waals surface area contributed by atoms with Crippen LogP contribution in [0, 0.1) is 0 Å². The van der Waals surface area contributed by atoms with Crippen molar-refractivity contribution in [1.82, 2.24) is 0 Å². The largest absolute Gasteiger partial charge is 0.508 e. The van der Waals surface area contributed by atoms with Gasteiger partial charge < -0.3 is 15.3 Å². The Balaban J connectivity index is 1.65. The second-order valence-electron chi connectivity index (χ2n) is 9.81. The van der Waals surface area contributed by atoms with Crippen molar-refractivity contribution in [2.75, 3.05) is 0 Å². The van der Waals surface area contributed by atoms with Crippen LogP contribution < -0.4 is 10.9 Å². The number of hydrogen-bond donors (Lipinski definition) is 3. The van der Waals surface area contributed by atoms with E-state index in [-0.39, 0.29) is 22.2 Å². The molecule has 0 aromatic heterocycles. The predicted octanol–water partition coefficient (Wildman–Crippen LogP) is 6.34. The van der Waals surface area contributed by atoms with Gasteiger partial charge in [0.15, 0.2) is 11.5 Å². The standard InChI is InChI=1S/C34H20B2O3/c35-30-31(36)34(39)33(38)29(32(30)37)28-24-11-5-3-9-22(24)27(23-10-4-6-12-25(23)28)20-16-15-19-14-13-18-7-1-2-8-21(18)26(19)17-20/h1-17,37-39H. The van der Waals surface area contributed by atoms with Crippen LogP contribution >= 0.6 is 0 Å². The highest BCUT2D eigenvalue weighted by Gasteiger charge is 2.24. The fourth-order valence-electron chi connectivity index (χ4n) is 5.85. The maximum Gasteiger partial charge on any atom is 0.168 e. The maximum absolute atomic E-state index is 11.1. The summed E-state index contributed by atoms with van der Waals surface area (Å²) in [7, 11) is 11.9. The van der Waals surface area contributed by atoms with Gasteiger partial charge in [-0.15, -0.1) is 0 Å². The number of fused-ring (bicyclic) bond motifs is 5. The van der Waals surface area contributed by atoms with Crippen LogP contribution in [0.1, 0.15) is 0 Å². The molecule has 0 saturated heterocycles. The van der Waals surface area contributed by atoms with E-state index in [1.165, 1.54) is 10.8 Å². The molecule has 0 aliphatic heterocycles. The summed E-state index contributed by atoms with van der Waals surface area (Å²) in [5.41, 5.74) is 2.24. The van der Waals surface area contributed by atoms with Crippen molar-refractivity contribution in [3.63, 3.8) is 0 Å². The molecule has 39 heavy (non-hydrogen) atoms. The molecule has 0 fully saturated rings. The summed E-state index contributed by atoms with van der Waals surface area (Å²) >= 11 is 0. The Kier molecular flexibility index (Phi) is 5.11. The van der Waals surface area contributed by atoms with E-state index in [0.29, 0.717) is 5.56 Å². The Bertz CT molecular complexity index is 2050. The molecule has 3 N–H and O–H groups in total. The molecule has 0 aliphatic carbocycles. The lowest BCUT2D eigenvalue weighted by atomic mass is 9.76. The summed E-state index contributed by atoms with van der Waals surface area (Å²) in [6, 6.07) is 34.9. The van der Waals surface area contributed by atoms with Crippen molar-refractivity contribution in [3.8, 4) is 39.5 Å². The lowest BCUT2D eigenvalue weighted by Crippen LogP contribution is -2.26. The molecule has 5 heteroatoms. The van der Waals surface area contributed by atoms with E-state index in [1.807, 2.05) is 54.6 Å². The highest BCUT2D eigenvalue weighted by molar-refractivity contribution is 6.52. The molecule has 0 bridgehead atoms. The fourth-order valence-corrected chi connectivity index (χ4v) is 5.85. The van der Waals surface area contributed by atoms with E-state index in [0.717, 1.165) is 43.4 Å². The number of aromatic hydroxyl groups is 3. The van der Waals surface area contributed by atoms with E-state index in [9.17, 15) is 15.3 Å². The van der Waals surface area contributed by atoms with Gasteiger partial charge in [0.2, 0.25) is 0 Å². The first-order valence-corrected chi connectivity index (χ1v) is 12.6. The Labute approximate surface area is 227 Å². The molecule has 7 aromatic rings. The minimum Gasteiger partial charge on any atom is -0.508 e. The molecule has 0 atom stereocenters. The number of benzene rings is 7. The summed E-state index contributed by atoms with van der Waals surface area (Å²) in [6.45, 7) is 0. The van der Waals surface area contributed by atoms with Crippen molar-refractivity contribution in [1.29, 1.82) is 0 Å². The molecule has 0 heterocycles. The Hall–Kier alpha value is -4.89. The number of rotatable bonds is 2. The van der Waals surface area contributed by atoms with Gasteiger partial charge in [-0.25, -0.2) is 0 Å². The van der Waals surface area contributed by atoms with E-state index in [4.69, 9.17) is 15.7 Å². The van der Waals surface area contributed by atoms with Crippen LogP contribution in [-0.2, 0) is 0 Å². The first kappa shape index (κ1) is 23.2. The lowest BCUT2D eigenvalue weighted by molar-refractivity contribution is 0.403. The Morgan fingerprint density at radius 3 is 1.46 bits per heavy atom. The quantitative estimate of drug-likeness (QED) is 0.0858. The molecular weight excluding hydrogens is 478 g/mol. The second kappa shape index (κ2) is 8.57. The van der Waals surface area contributed by atoms with Gasteiger partial charge in [0.1, 0.15) is 21.4 Å². The average Bonchev–Trinajstić information content (AvgIpc) is 2.98. The molecule has 180 valence electrons.